The third kappa shape index (κ3) is 2.08. The minimum absolute atomic E-state index is 0.150. The maximum atomic E-state index is 12.6. The Balaban J connectivity index is 1.68. The fourth-order valence-corrected chi connectivity index (χ4v) is 7.06. The summed E-state index contributed by atoms with van der Waals surface area (Å²) >= 11 is 0. The molecule has 3 fully saturated rings. The summed E-state index contributed by atoms with van der Waals surface area (Å²) in [5.74, 6) is 2.51. The molecule has 1 N–H and O–H groups in total. The van der Waals surface area contributed by atoms with Crippen LogP contribution in [0.4, 0.5) is 0 Å². The molecule has 0 radical (unpaired) electrons. The smallest absolute Gasteiger partial charge is 0.159 e. The van der Waals surface area contributed by atoms with E-state index in [4.69, 9.17) is 0 Å². The third-order valence-electron chi connectivity index (χ3n) is 8.51. The molecule has 4 aliphatic rings. The highest BCUT2D eigenvalue weighted by atomic mass is 16.1. The topological polar surface area (TPSA) is 29.1 Å². The summed E-state index contributed by atoms with van der Waals surface area (Å²) in [7, 11) is 2.11. The molecular weight excluding hydrogens is 294 g/mol. The van der Waals surface area contributed by atoms with E-state index in [1.807, 2.05) is 0 Å². The molecule has 6 atom stereocenters. The number of rotatable bonds is 1. The molecule has 0 aromatic rings. The molecule has 2 heteroatoms. The molecule has 0 aliphatic heterocycles. The van der Waals surface area contributed by atoms with Gasteiger partial charge in [0.05, 0.1) is 0 Å². The van der Waals surface area contributed by atoms with Crippen molar-refractivity contribution < 1.29 is 4.79 Å². The summed E-state index contributed by atoms with van der Waals surface area (Å²) in [6.45, 7) is 6.98. The first-order valence-corrected chi connectivity index (χ1v) is 10.0. The molecule has 2 nitrogen and oxygen atoms in total. The van der Waals surface area contributed by atoms with Gasteiger partial charge in [-0.3, -0.25) is 4.79 Å². The van der Waals surface area contributed by atoms with Crippen molar-refractivity contribution in [2.45, 2.75) is 71.8 Å². The Morgan fingerprint density at radius 1 is 1.12 bits per heavy atom. The van der Waals surface area contributed by atoms with Crippen LogP contribution in [0.3, 0.4) is 0 Å². The molecule has 6 unspecified atom stereocenters. The molecule has 24 heavy (non-hydrogen) atoms. The van der Waals surface area contributed by atoms with Crippen LogP contribution in [0.25, 0.3) is 0 Å². The first-order chi connectivity index (χ1) is 11.4. The summed E-state index contributed by atoms with van der Waals surface area (Å²) in [4.78, 5) is 12.6. The van der Waals surface area contributed by atoms with Crippen LogP contribution >= 0.6 is 0 Å². The molecule has 0 aromatic carbocycles. The second-order valence-corrected chi connectivity index (χ2v) is 9.27. The number of ketones is 1. The van der Waals surface area contributed by atoms with E-state index in [2.05, 4.69) is 45.3 Å². The highest BCUT2D eigenvalue weighted by molar-refractivity contribution is 5.99. The molecule has 0 heterocycles. The predicted molar refractivity (Wildman–Crippen MR) is 98.7 cm³/mol. The molecule has 0 aromatic heterocycles. The number of allylic oxidation sites excluding steroid dienone is 3. The van der Waals surface area contributed by atoms with Crippen molar-refractivity contribution in [1.29, 1.82) is 0 Å². The highest BCUT2D eigenvalue weighted by Gasteiger charge is 2.59. The number of carbonyl (C=O) groups excluding carboxylic acids is 1. The van der Waals surface area contributed by atoms with Gasteiger partial charge >= 0.3 is 0 Å². The van der Waals surface area contributed by atoms with Crippen LogP contribution in [0.15, 0.2) is 23.3 Å². The van der Waals surface area contributed by atoms with Crippen LogP contribution in [0.1, 0.15) is 65.7 Å². The SMILES string of the molecule is CC=C1C(=O)CC2C3CC=C4CC(NC)CCC4(C)C3CCC12C. The zero-order chi connectivity index (χ0) is 17.1. The van der Waals surface area contributed by atoms with Gasteiger partial charge in [0.1, 0.15) is 0 Å². The van der Waals surface area contributed by atoms with Crippen molar-refractivity contribution >= 4 is 5.78 Å². The fraction of sp³-hybridized carbons (Fsp3) is 0.773. The van der Waals surface area contributed by atoms with Gasteiger partial charge in [-0.25, -0.2) is 0 Å². The van der Waals surface area contributed by atoms with Gasteiger partial charge in [-0.2, -0.15) is 0 Å². The van der Waals surface area contributed by atoms with Gasteiger partial charge in [0.2, 0.25) is 0 Å². The molecule has 0 bridgehead atoms. The highest BCUT2D eigenvalue weighted by Crippen LogP contribution is 2.65. The average Bonchev–Trinajstić information content (AvgIpc) is 2.83. The molecule has 0 saturated heterocycles. The van der Waals surface area contributed by atoms with Crippen LogP contribution in [0.5, 0.6) is 0 Å². The lowest BCUT2D eigenvalue weighted by Gasteiger charge is -2.57. The molecule has 3 saturated carbocycles. The molecule has 0 spiro atoms. The van der Waals surface area contributed by atoms with Crippen molar-refractivity contribution in [2.75, 3.05) is 7.05 Å². The van der Waals surface area contributed by atoms with Gasteiger partial charge in [-0.1, -0.05) is 31.6 Å². The Kier molecular flexibility index (Phi) is 3.84. The number of nitrogens with one attached hydrogen (secondary N) is 1. The van der Waals surface area contributed by atoms with E-state index in [9.17, 15) is 4.79 Å². The van der Waals surface area contributed by atoms with Crippen LogP contribution in [0, 0.1) is 28.6 Å². The molecule has 0 amide bonds. The van der Waals surface area contributed by atoms with E-state index in [0.29, 0.717) is 29.1 Å². The number of Topliss-reactive ketones (excluding diaryl/α,β-unsaturated/α-hetero) is 1. The number of hydrogen-bond donors (Lipinski definition) is 1. The molecule has 132 valence electrons. The van der Waals surface area contributed by atoms with Crippen molar-refractivity contribution in [3.63, 3.8) is 0 Å². The third-order valence-corrected chi connectivity index (χ3v) is 8.51. The quantitative estimate of drug-likeness (QED) is 0.560. The number of fused-ring (bicyclic) bond motifs is 5. The average molecular weight is 328 g/mol. The zero-order valence-electron chi connectivity index (χ0n) is 15.8. The lowest BCUT2D eigenvalue weighted by Crippen LogP contribution is -2.50. The summed E-state index contributed by atoms with van der Waals surface area (Å²) in [6, 6.07) is 0.664. The van der Waals surface area contributed by atoms with E-state index >= 15 is 0 Å². The maximum Gasteiger partial charge on any atom is 0.159 e. The second-order valence-electron chi connectivity index (χ2n) is 9.27. The van der Waals surface area contributed by atoms with Gasteiger partial charge < -0.3 is 5.32 Å². The fourth-order valence-electron chi connectivity index (χ4n) is 7.06. The second kappa shape index (κ2) is 5.56. The Morgan fingerprint density at radius 3 is 2.58 bits per heavy atom. The zero-order valence-corrected chi connectivity index (χ0v) is 15.8. The maximum absolute atomic E-state index is 12.6. The van der Waals surface area contributed by atoms with Crippen LogP contribution in [0.2, 0.25) is 0 Å². The standard InChI is InChI=1S/C22H33NO/c1-5-17-20(24)13-19-16-7-6-14-12-15(23-4)8-10-21(14,2)18(16)9-11-22(17,19)3/h5-6,15-16,18-19,23H,7-13H2,1-4H3. The Morgan fingerprint density at radius 2 is 1.88 bits per heavy atom. The van der Waals surface area contributed by atoms with Gasteiger partial charge in [0.25, 0.3) is 0 Å². The summed E-state index contributed by atoms with van der Waals surface area (Å²) in [5.41, 5.74) is 3.40. The first-order valence-electron chi connectivity index (χ1n) is 10.0. The van der Waals surface area contributed by atoms with E-state index in [1.165, 1.54) is 38.5 Å². The first kappa shape index (κ1) is 16.6. The van der Waals surface area contributed by atoms with Crippen LogP contribution < -0.4 is 5.32 Å². The van der Waals surface area contributed by atoms with Crippen LogP contribution in [-0.4, -0.2) is 18.9 Å². The van der Waals surface area contributed by atoms with Gasteiger partial charge in [-0.15, -0.1) is 0 Å². The van der Waals surface area contributed by atoms with E-state index < -0.39 is 0 Å². The minimum atomic E-state index is 0.150. The van der Waals surface area contributed by atoms with Gasteiger partial charge in [-0.05, 0) is 86.7 Å². The van der Waals surface area contributed by atoms with Crippen molar-refractivity contribution in [3.8, 4) is 0 Å². The summed E-state index contributed by atoms with van der Waals surface area (Å²) in [6.07, 6.45) is 13.1. The number of hydrogen-bond acceptors (Lipinski definition) is 2. The van der Waals surface area contributed by atoms with E-state index in [1.54, 1.807) is 5.57 Å². The lowest BCUT2D eigenvalue weighted by atomic mass is 9.47. The van der Waals surface area contributed by atoms with Crippen molar-refractivity contribution in [1.82, 2.24) is 5.32 Å². The normalized spacial score (nSPS) is 49.4. The minimum Gasteiger partial charge on any atom is -0.317 e. The van der Waals surface area contributed by atoms with Crippen molar-refractivity contribution in [3.05, 3.63) is 23.3 Å². The largest absolute Gasteiger partial charge is 0.317 e. The monoisotopic (exact) mass is 327 g/mol. The van der Waals surface area contributed by atoms with Crippen molar-refractivity contribution in [2.24, 2.45) is 28.6 Å². The van der Waals surface area contributed by atoms with Crippen LogP contribution in [-0.2, 0) is 4.79 Å². The Labute approximate surface area is 147 Å². The molecule has 4 aliphatic carbocycles. The predicted octanol–water partition coefficient (Wildman–Crippen LogP) is 4.66. The lowest BCUT2D eigenvalue weighted by molar-refractivity contribution is -0.115. The van der Waals surface area contributed by atoms with E-state index in [0.717, 1.165) is 17.9 Å². The Hall–Kier alpha value is -0.890. The summed E-state index contributed by atoms with van der Waals surface area (Å²) in [5, 5.41) is 3.50. The molecule has 4 rings (SSSR count). The van der Waals surface area contributed by atoms with Gasteiger partial charge in [0.15, 0.2) is 5.78 Å². The number of carbonyl (C=O) groups is 1. The summed E-state index contributed by atoms with van der Waals surface area (Å²) < 4.78 is 0. The Bertz CT molecular complexity index is 617. The van der Waals surface area contributed by atoms with Gasteiger partial charge in [0, 0.05) is 12.5 Å². The molecular formula is C22H33NO. The van der Waals surface area contributed by atoms with E-state index in [-0.39, 0.29) is 5.41 Å².